The monoisotopic (exact) mass is 282 g/mol. The van der Waals surface area contributed by atoms with E-state index >= 15 is 0 Å². The second-order valence-electron chi connectivity index (χ2n) is 6.83. The van der Waals surface area contributed by atoms with E-state index in [1.807, 2.05) is 0 Å². The maximum absolute atomic E-state index is 5.81. The predicted molar refractivity (Wildman–Crippen MR) is 85.1 cm³/mol. The summed E-state index contributed by atoms with van der Waals surface area (Å²) in [7, 11) is 0. The molecule has 2 unspecified atom stereocenters. The number of hydrogen-bond acceptors (Lipinski definition) is 3. The first-order valence-corrected chi connectivity index (χ1v) is 8.85. The van der Waals surface area contributed by atoms with Crippen molar-refractivity contribution in [2.75, 3.05) is 32.8 Å². The van der Waals surface area contributed by atoms with Gasteiger partial charge in [-0.2, -0.15) is 0 Å². The van der Waals surface area contributed by atoms with Crippen LogP contribution in [0, 0.1) is 5.92 Å². The largest absolute Gasteiger partial charge is 0.378 e. The molecule has 0 saturated carbocycles. The van der Waals surface area contributed by atoms with E-state index < -0.39 is 0 Å². The molecule has 0 aromatic heterocycles. The summed E-state index contributed by atoms with van der Waals surface area (Å²) in [4.78, 5) is 2.64. The Hall–Kier alpha value is -0.120. The van der Waals surface area contributed by atoms with Crippen molar-refractivity contribution >= 4 is 0 Å². The van der Waals surface area contributed by atoms with Crippen LogP contribution in [-0.4, -0.2) is 49.8 Å². The summed E-state index contributed by atoms with van der Waals surface area (Å²) < 4.78 is 5.81. The molecule has 0 radical (unpaired) electrons. The Labute approximate surface area is 125 Å². The molecule has 3 heteroatoms. The van der Waals surface area contributed by atoms with Crippen molar-refractivity contribution in [2.45, 2.75) is 70.9 Å². The van der Waals surface area contributed by atoms with Gasteiger partial charge < -0.3 is 15.0 Å². The van der Waals surface area contributed by atoms with Gasteiger partial charge in [-0.3, -0.25) is 0 Å². The number of likely N-dealkylation sites (tertiary alicyclic amines) is 1. The average molecular weight is 282 g/mol. The molecule has 118 valence electrons. The molecule has 2 saturated heterocycles. The summed E-state index contributed by atoms with van der Waals surface area (Å²) in [5.41, 5.74) is 0. The quantitative estimate of drug-likeness (QED) is 0.726. The molecule has 3 nitrogen and oxygen atoms in total. The molecule has 0 amide bonds. The molecule has 0 bridgehead atoms. The van der Waals surface area contributed by atoms with Crippen LogP contribution in [0.15, 0.2) is 0 Å². The number of hydrogen-bond donors (Lipinski definition) is 1. The fraction of sp³-hybridized carbons (Fsp3) is 1.00. The van der Waals surface area contributed by atoms with Gasteiger partial charge in [0.25, 0.3) is 0 Å². The third-order valence-electron chi connectivity index (χ3n) is 4.94. The summed E-state index contributed by atoms with van der Waals surface area (Å²) >= 11 is 0. The molecule has 0 aromatic rings. The molecule has 2 fully saturated rings. The van der Waals surface area contributed by atoms with Crippen LogP contribution < -0.4 is 5.32 Å². The highest BCUT2D eigenvalue weighted by Gasteiger charge is 2.21. The minimum absolute atomic E-state index is 0.509. The lowest BCUT2D eigenvalue weighted by Gasteiger charge is -2.32. The van der Waals surface area contributed by atoms with Crippen LogP contribution in [0.1, 0.15) is 58.8 Å². The van der Waals surface area contributed by atoms with Crippen molar-refractivity contribution in [1.29, 1.82) is 0 Å². The maximum atomic E-state index is 5.81. The molecule has 2 rings (SSSR count). The van der Waals surface area contributed by atoms with E-state index in [1.165, 1.54) is 71.1 Å². The van der Waals surface area contributed by atoms with Crippen molar-refractivity contribution in [3.63, 3.8) is 0 Å². The van der Waals surface area contributed by atoms with Gasteiger partial charge in [-0.25, -0.2) is 0 Å². The van der Waals surface area contributed by atoms with Crippen molar-refractivity contribution in [2.24, 2.45) is 5.92 Å². The minimum Gasteiger partial charge on any atom is -0.378 e. The molecule has 0 aliphatic carbocycles. The zero-order valence-corrected chi connectivity index (χ0v) is 13.6. The Morgan fingerprint density at radius 1 is 1.20 bits per heavy atom. The van der Waals surface area contributed by atoms with Gasteiger partial charge >= 0.3 is 0 Å². The van der Waals surface area contributed by atoms with Crippen LogP contribution in [0.4, 0.5) is 0 Å². The summed E-state index contributed by atoms with van der Waals surface area (Å²) in [6.45, 7) is 10.7. The van der Waals surface area contributed by atoms with Gasteiger partial charge in [0.05, 0.1) is 6.10 Å². The van der Waals surface area contributed by atoms with E-state index in [9.17, 15) is 0 Å². The van der Waals surface area contributed by atoms with E-state index in [-0.39, 0.29) is 0 Å². The van der Waals surface area contributed by atoms with Crippen LogP contribution >= 0.6 is 0 Å². The molecule has 2 aliphatic rings. The fourth-order valence-electron chi connectivity index (χ4n) is 3.48. The van der Waals surface area contributed by atoms with Gasteiger partial charge in [0.2, 0.25) is 0 Å². The topological polar surface area (TPSA) is 24.5 Å². The molecule has 1 N–H and O–H groups in total. The lowest BCUT2D eigenvalue weighted by molar-refractivity contribution is -0.00320. The van der Waals surface area contributed by atoms with Crippen LogP contribution in [-0.2, 0) is 4.74 Å². The molecule has 0 spiro atoms. The Balaban J connectivity index is 1.52. The fourth-order valence-corrected chi connectivity index (χ4v) is 3.48. The van der Waals surface area contributed by atoms with Crippen LogP contribution in [0.3, 0.4) is 0 Å². The molecule has 0 aromatic carbocycles. The second kappa shape index (κ2) is 9.01. The van der Waals surface area contributed by atoms with E-state index in [0.29, 0.717) is 12.1 Å². The van der Waals surface area contributed by atoms with Gasteiger partial charge in [-0.1, -0.05) is 20.3 Å². The summed E-state index contributed by atoms with van der Waals surface area (Å²) in [5.74, 6) is 0.946. The smallest absolute Gasteiger partial charge is 0.0589 e. The molecule has 2 aliphatic heterocycles. The third-order valence-corrected chi connectivity index (χ3v) is 4.94. The zero-order chi connectivity index (χ0) is 14.2. The molecular formula is C17H34N2O. The molecular weight excluding hydrogens is 248 g/mol. The van der Waals surface area contributed by atoms with E-state index in [4.69, 9.17) is 4.74 Å². The lowest BCUT2D eigenvalue weighted by atomic mass is 9.99. The van der Waals surface area contributed by atoms with Crippen molar-refractivity contribution in [1.82, 2.24) is 10.2 Å². The number of rotatable bonds is 7. The van der Waals surface area contributed by atoms with Gasteiger partial charge in [0.15, 0.2) is 0 Å². The molecule has 2 atom stereocenters. The van der Waals surface area contributed by atoms with Crippen LogP contribution in [0.5, 0.6) is 0 Å². The summed E-state index contributed by atoms with van der Waals surface area (Å²) in [6, 6.07) is 0.696. The van der Waals surface area contributed by atoms with E-state index in [1.54, 1.807) is 0 Å². The Kier molecular flexibility index (Phi) is 7.32. The van der Waals surface area contributed by atoms with Crippen molar-refractivity contribution in [3.8, 4) is 0 Å². The second-order valence-corrected chi connectivity index (χ2v) is 6.83. The molecule has 2 heterocycles. The SMILES string of the molecule is CCCC1CC(NCCCN2CCC(C)CC2)CCO1. The number of nitrogens with one attached hydrogen (secondary N) is 1. The maximum Gasteiger partial charge on any atom is 0.0589 e. The number of nitrogens with zero attached hydrogens (tertiary/aromatic N) is 1. The normalized spacial score (nSPS) is 29.7. The van der Waals surface area contributed by atoms with Crippen molar-refractivity contribution in [3.05, 3.63) is 0 Å². The highest BCUT2D eigenvalue weighted by atomic mass is 16.5. The Morgan fingerprint density at radius 2 is 2.00 bits per heavy atom. The summed E-state index contributed by atoms with van der Waals surface area (Å²) in [5, 5.41) is 3.75. The first-order chi connectivity index (χ1) is 9.78. The third kappa shape index (κ3) is 5.71. The standard InChI is InChI=1S/C17H34N2O/c1-3-5-17-14-16(8-13-20-17)18-9-4-10-19-11-6-15(2)7-12-19/h15-18H,3-14H2,1-2H3. The van der Waals surface area contributed by atoms with E-state index in [0.717, 1.165) is 12.5 Å². The van der Waals surface area contributed by atoms with Gasteiger partial charge in [0.1, 0.15) is 0 Å². The zero-order valence-electron chi connectivity index (χ0n) is 13.6. The van der Waals surface area contributed by atoms with Gasteiger partial charge in [0, 0.05) is 12.6 Å². The minimum atomic E-state index is 0.509. The highest BCUT2D eigenvalue weighted by molar-refractivity contribution is 4.77. The average Bonchev–Trinajstić information content (AvgIpc) is 2.46. The summed E-state index contributed by atoms with van der Waals surface area (Å²) in [6.07, 6.45) is 9.48. The van der Waals surface area contributed by atoms with E-state index in [2.05, 4.69) is 24.1 Å². The van der Waals surface area contributed by atoms with Crippen LogP contribution in [0.2, 0.25) is 0 Å². The predicted octanol–water partition coefficient (Wildman–Crippen LogP) is 3.05. The Morgan fingerprint density at radius 3 is 2.75 bits per heavy atom. The first-order valence-electron chi connectivity index (χ1n) is 8.85. The highest BCUT2D eigenvalue weighted by Crippen LogP contribution is 2.18. The Bertz CT molecular complexity index is 249. The lowest BCUT2D eigenvalue weighted by Crippen LogP contribution is -2.40. The molecule has 20 heavy (non-hydrogen) atoms. The van der Waals surface area contributed by atoms with Gasteiger partial charge in [-0.05, 0) is 70.6 Å². The van der Waals surface area contributed by atoms with Crippen LogP contribution in [0.25, 0.3) is 0 Å². The number of piperidine rings is 1. The first kappa shape index (κ1) is 16.3. The van der Waals surface area contributed by atoms with Crippen molar-refractivity contribution < 1.29 is 4.74 Å². The van der Waals surface area contributed by atoms with Gasteiger partial charge in [-0.15, -0.1) is 0 Å². The number of ether oxygens (including phenoxy) is 1.